The molecule has 1 aliphatic rings. The third kappa shape index (κ3) is 6.54. The molecule has 6 nitrogen and oxygen atoms in total. The lowest BCUT2D eigenvalue weighted by atomic mass is 9.96. The summed E-state index contributed by atoms with van der Waals surface area (Å²) in [7, 11) is -3.29. The highest BCUT2D eigenvalue weighted by Crippen LogP contribution is 2.37. The van der Waals surface area contributed by atoms with Crippen LogP contribution < -0.4 is 4.74 Å². The highest BCUT2D eigenvalue weighted by molar-refractivity contribution is 7.90. The number of hydrogen-bond acceptors (Lipinski definition) is 5. The van der Waals surface area contributed by atoms with Gasteiger partial charge < -0.3 is 14.7 Å². The summed E-state index contributed by atoms with van der Waals surface area (Å²) >= 11 is 0. The number of halogens is 4. The fourth-order valence-electron chi connectivity index (χ4n) is 2.91. The van der Waals surface area contributed by atoms with E-state index in [0.29, 0.717) is 12.2 Å². The summed E-state index contributed by atoms with van der Waals surface area (Å²) in [5.41, 5.74) is 0. The lowest BCUT2D eigenvalue weighted by Crippen LogP contribution is -2.33. The van der Waals surface area contributed by atoms with Crippen LogP contribution in [0.1, 0.15) is 6.42 Å². The molecule has 0 unspecified atom stereocenters. The van der Waals surface area contributed by atoms with Crippen LogP contribution in [0.15, 0.2) is 29.2 Å². The lowest BCUT2D eigenvalue weighted by Gasteiger charge is -2.18. The van der Waals surface area contributed by atoms with Crippen LogP contribution in [0.4, 0.5) is 13.2 Å². The van der Waals surface area contributed by atoms with Crippen LogP contribution in [0.3, 0.4) is 0 Å². The van der Waals surface area contributed by atoms with Gasteiger partial charge in [0.15, 0.2) is 9.84 Å². The van der Waals surface area contributed by atoms with Gasteiger partial charge in [0.25, 0.3) is 0 Å². The van der Waals surface area contributed by atoms with E-state index >= 15 is 0 Å². The molecule has 0 radical (unpaired) electrons. The molecule has 1 aliphatic heterocycles. The zero-order chi connectivity index (χ0) is 19.5. The van der Waals surface area contributed by atoms with Crippen molar-refractivity contribution in [3.05, 3.63) is 24.3 Å². The van der Waals surface area contributed by atoms with Crippen LogP contribution >= 0.6 is 12.4 Å². The topological polar surface area (TPSA) is 83.9 Å². The Morgan fingerprint density at radius 1 is 1.26 bits per heavy atom. The zero-order valence-electron chi connectivity index (χ0n) is 14.5. The number of carbonyl (C=O) groups is 1. The molecule has 1 fully saturated rings. The minimum atomic E-state index is -4.53. The lowest BCUT2D eigenvalue weighted by molar-refractivity contribution is -0.188. The van der Waals surface area contributed by atoms with Gasteiger partial charge in [-0.2, -0.15) is 13.2 Å². The highest BCUT2D eigenvalue weighted by Gasteiger charge is 2.52. The number of nitrogens with zero attached hydrogens (tertiary/aromatic N) is 1. The predicted molar refractivity (Wildman–Crippen MR) is 94.0 cm³/mol. The van der Waals surface area contributed by atoms with Gasteiger partial charge in [0, 0.05) is 25.9 Å². The van der Waals surface area contributed by atoms with Crippen molar-refractivity contribution in [1.82, 2.24) is 4.90 Å². The third-order valence-electron chi connectivity index (χ3n) is 4.27. The van der Waals surface area contributed by atoms with Crippen molar-refractivity contribution in [1.29, 1.82) is 0 Å². The molecule has 0 spiro atoms. The minimum Gasteiger partial charge on any atom is -0.494 e. The van der Waals surface area contributed by atoms with E-state index in [1.54, 1.807) is 0 Å². The average Bonchev–Trinajstić information content (AvgIpc) is 2.96. The van der Waals surface area contributed by atoms with Gasteiger partial charge in [-0.3, -0.25) is 4.79 Å². The number of alkyl halides is 3. The monoisotopic (exact) mass is 431 g/mol. The van der Waals surface area contributed by atoms with E-state index in [-0.39, 0.29) is 43.5 Å². The summed E-state index contributed by atoms with van der Waals surface area (Å²) in [5, 5.41) is 8.97. The van der Waals surface area contributed by atoms with E-state index < -0.39 is 33.8 Å². The number of rotatable bonds is 7. The van der Waals surface area contributed by atoms with E-state index in [2.05, 4.69) is 0 Å². The number of aliphatic carboxylic acids is 1. The summed E-state index contributed by atoms with van der Waals surface area (Å²) < 4.78 is 66.9. The van der Waals surface area contributed by atoms with Gasteiger partial charge in [-0.1, -0.05) is 0 Å². The Kier molecular flexibility index (Phi) is 7.94. The third-order valence-corrected chi connectivity index (χ3v) is 5.40. The molecule has 0 bridgehead atoms. The van der Waals surface area contributed by atoms with Gasteiger partial charge in [0.1, 0.15) is 5.75 Å². The molecule has 1 saturated heterocycles. The molecule has 1 aromatic rings. The number of carboxylic acid groups (broad SMARTS) is 1. The Morgan fingerprint density at radius 2 is 1.85 bits per heavy atom. The maximum atomic E-state index is 12.9. The molecule has 1 aromatic carbocycles. The molecule has 27 heavy (non-hydrogen) atoms. The van der Waals surface area contributed by atoms with Crippen LogP contribution in [0.5, 0.6) is 5.75 Å². The number of ether oxygens (including phenoxy) is 1. The minimum absolute atomic E-state index is 0. The van der Waals surface area contributed by atoms with E-state index in [4.69, 9.17) is 9.84 Å². The van der Waals surface area contributed by atoms with E-state index in [1.165, 1.54) is 29.2 Å². The van der Waals surface area contributed by atoms with Gasteiger partial charge in [0.05, 0.1) is 23.3 Å². The maximum absolute atomic E-state index is 12.9. The first-order chi connectivity index (χ1) is 12.0. The zero-order valence-corrected chi connectivity index (χ0v) is 16.1. The second-order valence-corrected chi connectivity index (χ2v) is 8.31. The molecule has 154 valence electrons. The predicted octanol–water partition coefficient (Wildman–Crippen LogP) is 2.48. The normalized spacial score (nSPS) is 20.9. The molecule has 1 heterocycles. The summed E-state index contributed by atoms with van der Waals surface area (Å²) in [5.74, 6) is -4.28. The van der Waals surface area contributed by atoms with Crippen molar-refractivity contribution >= 4 is 28.2 Å². The first kappa shape index (κ1) is 23.5. The quantitative estimate of drug-likeness (QED) is 0.668. The van der Waals surface area contributed by atoms with Crippen LogP contribution in [0.2, 0.25) is 0 Å². The Morgan fingerprint density at radius 3 is 2.30 bits per heavy atom. The summed E-state index contributed by atoms with van der Waals surface area (Å²) in [6.07, 6.45) is -3.02. The number of hydrogen-bond donors (Lipinski definition) is 1. The molecule has 0 saturated carbocycles. The SMILES string of the molecule is CS(=O)(=O)c1ccc(OCCCN2C[C@@H](C(F)(F)F)[C@H](C(=O)O)C2)cc1.Cl. The largest absolute Gasteiger partial charge is 0.494 e. The Bertz CT molecular complexity index is 739. The Labute approximate surface area is 161 Å². The first-order valence-electron chi connectivity index (χ1n) is 7.93. The second kappa shape index (κ2) is 9.11. The van der Waals surface area contributed by atoms with E-state index in [1.807, 2.05) is 0 Å². The Balaban J connectivity index is 0.00000364. The number of sulfone groups is 1. The standard InChI is InChI=1S/C16H20F3NO5S.ClH/c1-26(23,24)12-5-3-11(4-6-12)25-8-2-7-20-9-13(15(21)22)14(10-20)16(17,18)19;/h3-6,13-14H,2,7-10H2,1H3,(H,21,22);1H/t13-,14-;/m1./s1. The average molecular weight is 432 g/mol. The van der Waals surface area contributed by atoms with Crippen LogP contribution in [-0.2, 0) is 14.6 Å². The van der Waals surface area contributed by atoms with Gasteiger partial charge in [-0.05, 0) is 30.7 Å². The summed E-state index contributed by atoms with van der Waals surface area (Å²) in [4.78, 5) is 12.7. The fourth-order valence-corrected chi connectivity index (χ4v) is 3.54. The van der Waals surface area contributed by atoms with Crippen LogP contribution in [0.25, 0.3) is 0 Å². The smallest absolute Gasteiger partial charge is 0.393 e. The highest BCUT2D eigenvalue weighted by atomic mass is 35.5. The van der Waals surface area contributed by atoms with Crippen molar-refractivity contribution in [2.75, 3.05) is 32.5 Å². The van der Waals surface area contributed by atoms with Gasteiger partial charge >= 0.3 is 12.1 Å². The first-order valence-corrected chi connectivity index (χ1v) is 9.82. The van der Waals surface area contributed by atoms with Crippen molar-refractivity contribution in [3.63, 3.8) is 0 Å². The van der Waals surface area contributed by atoms with Crippen molar-refractivity contribution in [2.45, 2.75) is 17.5 Å². The fraction of sp³-hybridized carbons (Fsp3) is 0.562. The van der Waals surface area contributed by atoms with Gasteiger partial charge in [-0.25, -0.2) is 8.42 Å². The van der Waals surface area contributed by atoms with Crippen molar-refractivity contribution in [2.24, 2.45) is 11.8 Å². The summed E-state index contributed by atoms with van der Waals surface area (Å²) in [6, 6.07) is 5.84. The maximum Gasteiger partial charge on any atom is 0.393 e. The molecular weight excluding hydrogens is 411 g/mol. The second-order valence-electron chi connectivity index (χ2n) is 6.30. The number of benzene rings is 1. The molecule has 2 rings (SSSR count). The molecule has 0 aromatic heterocycles. The van der Waals surface area contributed by atoms with E-state index in [9.17, 15) is 26.4 Å². The van der Waals surface area contributed by atoms with Crippen molar-refractivity contribution in [3.8, 4) is 5.75 Å². The molecule has 1 N–H and O–H groups in total. The molecule has 0 amide bonds. The van der Waals surface area contributed by atoms with Crippen LogP contribution in [0, 0.1) is 11.8 Å². The number of carboxylic acids is 1. The molecular formula is C16H21ClF3NO5S. The van der Waals surface area contributed by atoms with Crippen molar-refractivity contribution < 1.29 is 36.2 Å². The van der Waals surface area contributed by atoms with Crippen LogP contribution in [-0.4, -0.2) is 63.1 Å². The molecule has 11 heteroatoms. The van der Waals surface area contributed by atoms with E-state index in [0.717, 1.165) is 6.26 Å². The number of likely N-dealkylation sites (tertiary alicyclic amines) is 1. The molecule has 2 atom stereocenters. The van der Waals surface area contributed by atoms with Gasteiger partial charge in [0.2, 0.25) is 0 Å². The molecule has 0 aliphatic carbocycles. The summed E-state index contributed by atoms with van der Waals surface area (Å²) in [6.45, 7) is 0.0486. The van der Waals surface area contributed by atoms with Gasteiger partial charge in [-0.15, -0.1) is 12.4 Å². The Hall–Kier alpha value is -1.52.